The molecule has 1 heterocycles. The van der Waals surface area contributed by atoms with E-state index in [2.05, 4.69) is 10.9 Å². The van der Waals surface area contributed by atoms with Crippen LogP contribution in [0.25, 0.3) is 0 Å². The normalized spacial score (nSPS) is 10.1. The molecule has 2 N–H and O–H groups in total. The van der Waals surface area contributed by atoms with Gasteiger partial charge in [0.1, 0.15) is 12.4 Å². The minimum atomic E-state index is -0.527. The number of hydrogen-bond donors (Lipinski definition) is 2. The van der Waals surface area contributed by atoms with Gasteiger partial charge in [-0.15, -0.1) is 0 Å². The summed E-state index contributed by atoms with van der Waals surface area (Å²) in [6, 6.07) is 19.5. The summed E-state index contributed by atoms with van der Waals surface area (Å²) in [6.45, 7) is 0.450. The summed E-state index contributed by atoms with van der Waals surface area (Å²) in [7, 11) is 0. The van der Waals surface area contributed by atoms with Gasteiger partial charge in [0, 0.05) is 5.56 Å². The Morgan fingerprint density at radius 1 is 0.840 bits per heavy atom. The summed E-state index contributed by atoms with van der Waals surface area (Å²) >= 11 is 0. The van der Waals surface area contributed by atoms with Gasteiger partial charge in [-0.1, -0.05) is 30.3 Å². The molecule has 0 aliphatic heterocycles. The first kappa shape index (κ1) is 16.3. The molecule has 3 rings (SSSR count). The number of carbonyl (C=O) groups excluding carboxylic acids is 2. The van der Waals surface area contributed by atoms with E-state index in [-0.39, 0.29) is 5.76 Å². The highest BCUT2D eigenvalue weighted by molar-refractivity contribution is 5.97. The quantitative estimate of drug-likeness (QED) is 0.702. The van der Waals surface area contributed by atoms with Crippen LogP contribution >= 0.6 is 0 Å². The zero-order chi connectivity index (χ0) is 17.5. The summed E-state index contributed by atoms with van der Waals surface area (Å²) < 4.78 is 10.6. The maximum Gasteiger partial charge on any atom is 0.305 e. The molecule has 0 fully saturated rings. The average Bonchev–Trinajstić information content (AvgIpc) is 3.20. The molecule has 0 unspecified atom stereocenters. The summed E-state index contributed by atoms with van der Waals surface area (Å²) in [5, 5.41) is 0. The van der Waals surface area contributed by atoms with Crippen molar-refractivity contribution in [2.75, 3.05) is 0 Å². The Balaban J connectivity index is 1.51. The van der Waals surface area contributed by atoms with E-state index < -0.39 is 11.8 Å². The molecule has 0 radical (unpaired) electrons. The Labute approximate surface area is 144 Å². The Kier molecular flexibility index (Phi) is 5.11. The molecule has 126 valence electrons. The van der Waals surface area contributed by atoms with E-state index in [4.69, 9.17) is 9.15 Å². The third-order valence-corrected chi connectivity index (χ3v) is 3.40. The van der Waals surface area contributed by atoms with Gasteiger partial charge < -0.3 is 9.15 Å². The topological polar surface area (TPSA) is 80.6 Å². The molecule has 0 saturated heterocycles. The van der Waals surface area contributed by atoms with Crippen LogP contribution in [0.2, 0.25) is 0 Å². The fourth-order valence-electron chi connectivity index (χ4n) is 2.10. The van der Waals surface area contributed by atoms with Crippen LogP contribution in [0.4, 0.5) is 0 Å². The first-order valence-corrected chi connectivity index (χ1v) is 7.63. The SMILES string of the molecule is O=C(NNC(=O)c1ccco1)c1ccc(OCc2ccccc2)cc1. The largest absolute Gasteiger partial charge is 0.489 e. The summed E-state index contributed by atoms with van der Waals surface area (Å²) in [5.74, 6) is -0.194. The molecule has 6 heteroatoms. The van der Waals surface area contributed by atoms with Crippen LogP contribution in [-0.4, -0.2) is 11.8 Å². The monoisotopic (exact) mass is 336 g/mol. The third-order valence-electron chi connectivity index (χ3n) is 3.40. The highest BCUT2D eigenvalue weighted by Gasteiger charge is 2.11. The molecular formula is C19H16N2O4. The number of hydrazine groups is 1. The van der Waals surface area contributed by atoms with E-state index in [1.165, 1.54) is 12.3 Å². The molecule has 0 atom stereocenters. The van der Waals surface area contributed by atoms with Crippen LogP contribution in [0, 0.1) is 0 Å². The van der Waals surface area contributed by atoms with Crippen molar-refractivity contribution in [3.05, 3.63) is 89.9 Å². The third kappa shape index (κ3) is 4.48. The standard InChI is InChI=1S/C19H16N2O4/c22-18(20-21-19(23)17-7-4-12-24-17)15-8-10-16(11-9-15)25-13-14-5-2-1-3-6-14/h1-12H,13H2,(H,20,22)(H,21,23). The van der Waals surface area contributed by atoms with E-state index in [1.807, 2.05) is 30.3 Å². The van der Waals surface area contributed by atoms with E-state index in [1.54, 1.807) is 30.3 Å². The molecular weight excluding hydrogens is 320 g/mol. The number of benzene rings is 2. The molecule has 2 amide bonds. The minimum Gasteiger partial charge on any atom is -0.489 e. The van der Waals surface area contributed by atoms with E-state index in [9.17, 15) is 9.59 Å². The molecule has 2 aromatic carbocycles. The van der Waals surface area contributed by atoms with Gasteiger partial charge in [-0.25, -0.2) is 0 Å². The van der Waals surface area contributed by atoms with Crippen LogP contribution in [0.5, 0.6) is 5.75 Å². The first-order chi connectivity index (χ1) is 12.2. The van der Waals surface area contributed by atoms with Crippen molar-refractivity contribution >= 4 is 11.8 Å². The summed E-state index contributed by atoms with van der Waals surface area (Å²) in [6.07, 6.45) is 1.38. The Hall–Kier alpha value is -3.54. The van der Waals surface area contributed by atoms with Gasteiger partial charge in [0.2, 0.25) is 0 Å². The molecule has 0 aliphatic rings. The van der Waals surface area contributed by atoms with Gasteiger partial charge in [0.05, 0.1) is 6.26 Å². The molecule has 0 saturated carbocycles. The zero-order valence-corrected chi connectivity index (χ0v) is 13.3. The van der Waals surface area contributed by atoms with Gasteiger partial charge in [0.25, 0.3) is 5.91 Å². The average molecular weight is 336 g/mol. The molecule has 6 nitrogen and oxygen atoms in total. The van der Waals surface area contributed by atoms with Crippen molar-refractivity contribution in [3.8, 4) is 5.75 Å². The Morgan fingerprint density at radius 2 is 1.56 bits per heavy atom. The van der Waals surface area contributed by atoms with Gasteiger partial charge in [-0.05, 0) is 42.0 Å². The van der Waals surface area contributed by atoms with Crippen molar-refractivity contribution < 1.29 is 18.7 Å². The minimum absolute atomic E-state index is 0.116. The van der Waals surface area contributed by atoms with Gasteiger partial charge in [-0.3, -0.25) is 20.4 Å². The lowest BCUT2D eigenvalue weighted by Crippen LogP contribution is -2.41. The molecule has 0 spiro atoms. The second-order valence-corrected chi connectivity index (χ2v) is 5.18. The second-order valence-electron chi connectivity index (χ2n) is 5.18. The predicted octanol–water partition coefficient (Wildman–Crippen LogP) is 2.93. The first-order valence-electron chi connectivity index (χ1n) is 7.63. The van der Waals surface area contributed by atoms with Crippen LogP contribution in [0.3, 0.4) is 0 Å². The number of hydrogen-bond acceptors (Lipinski definition) is 4. The van der Waals surface area contributed by atoms with E-state index >= 15 is 0 Å². The number of furan rings is 1. The van der Waals surface area contributed by atoms with Crippen LogP contribution in [-0.2, 0) is 6.61 Å². The number of carbonyl (C=O) groups is 2. The van der Waals surface area contributed by atoms with Crippen molar-refractivity contribution in [1.29, 1.82) is 0 Å². The van der Waals surface area contributed by atoms with Crippen LogP contribution < -0.4 is 15.6 Å². The summed E-state index contributed by atoms with van der Waals surface area (Å²) in [5.41, 5.74) is 6.06. The Morgan fingerprint density at radius 3 is 2.24 bits per heavy atom. The van der Waals surface area contributed by atoms with Crippen molar-refractivity contribution in [2.24, 2.45) is 0 Å². The number of ether oxygens (including phenoxy) is 1. The fourth-order valence-corrected chi connectivity index (χ4v) is 2.10. The van der Waals surface area contributed by atoms with E-state index in [0.717, 1.165) is 5.56 Å². The lowest BCUT2D eigenvalue weighted by Gasteiger charge is -2.08. The van der Waals surface area contributed by atoms with Crippen molar-refractivity contribution in [3.63, 3.8) is 0 Å². The summed E-state index contributed by atoms with van der Waals surface area (Å²) in [4.78, 5) is 23.7. The predicted molar refractivity (Wildman–Crippen MR) is 90.9 cm³/mol. The van der Waals surface area contributed by atoms with Crippen LogP contribution in [0.15, 0.2) is 77.4 Å². The highest BCUT2D eigenvalue weighted by atomic mass is 16.5. The smallest absolute Gasteiger partial charge is 0.305 e. The number of rotatable bonds is 5. The lowest BCUT2D eigenvalue weighted by molar-refractivity contribution is 0.0831. The molecule has 1 aromatic heterocycles. The highest BCUT2D eigenvalue weighted by Crippen LogP contribution is 2.14. The van der Waals surface area contributed by atoms with E-state index in [0.29, 0.717) is 17.9 Å². The molecule has 0 bridgehead atoms. The maximum absolute atomic E-state index is 12.0. The van der Waals surface area contributed by atoms with Crippen molar-refractivity contribution in [2.45, 2.75) is 6.61 Å². The molecule has 0 aliphatic carbocycles. The second kappa shape index (κ2) is 7.83. The number of amides is 2. The molecule has 25 heavy (non-hydrogen) atoms. The van der Waals surface area contributed by atoms with Gasteiger partial charge in [0.15, 0.2) is 5.76 Å². The van der Waals surface area contributed by atoms with Crippen LogP contribution in [0.1, 0.15) is 26.5 Å². The fraction of sp³-hybridized carbons (Fsp3) is 0.0526. The lowest BCUT2D eigenvalue weighted by atomic mass is 10.2. The van der Waals surface area contributed by atoms with Gasteiger partial charge in [-0.2, -0.15) is 0 Å². The maximum atomic E-state index is 12.0. The molecule has 3 aromatic rings. The zero-order valence-electron chi connectivity index (χ0n) is 13.3. The Bertz CT molecular complexity index is 828. The number of nitrogens with one attached hydrogen (secondary N) is 2. The van der Waals surface area contributed by atoms with Crippen molar-refractivity contribution in [1.82, 2.24) is 10.9 Å². The van der Waals surface area contributed by atoms with Gasteiger partial charge >= 0.3 is 5.91 Å².